The first-order valence-corrected chi connectivity index (χ1v) is 7.84. The molecule has 0 N–H and O–H groups in total. The monoisotopic (exact) mass is 387 g/mol. The molecule has 0 aliphatic carbocycles. The van der Waals surface area contributed by atoms with Crippen LogP contribution in [-0.4, -0.2) is 36.5 Å². The van der Waals surface area contributed by atoms with Gasteiger partial charge in [-0.05, 0) is 65.6 Å². The number of likely N-dealkylation sites (tertiary alicyclic amines) is 1. The molecule has 2 rings (SSSR count). The molecule has 0 unspecified atom stereocenters. The van der Waals surface area contributed by atoms with Gasteiger partial charge in [0.15, 0.2) is 6.61 Å². The Morgan fingerprint density at radius 3 is 2.45 bits per heavy atom. The van der Waals surface area contributed by atoms with Crippen molar-refractivity contribution in [2.45, 2.75) is 19.8 Å². The van der Waals surface area contributed by atoms with E-state index in [1.54, 1.807) is 17.0 Å². The van der Waals surface area contributed by atoms with E-state index in [2.05, 4.69) is 29.5 Å². The topological polar surface area (TPSA) is 46.6 Å². The minimum absolute atomic E-state index is 0.101. The number of halogens is 1. The van der Waals surface area contributed by atoms with E-state index in [0.717, 1.165) is 29.5 Å². The number of benzene rings is 1. The van der Waals surface area contributed by atoms with Crippen LogP contribution < -0.4 is 0 Å². The summed E-state index contributed by atoms with van der Waals surface area (Å²) in [6, 6.07) is 7.09. The summed E-state index contributed by atoms with van der Waals surface area (Å²) >= 11 is 2.17. The first-order chi connectivity index (χ1) is 9.56. The molecule has 0 atom stereocenters. The summed E-state index contributed by atoms with van der Waals surface area (Å²) in [4.78, 5) is 25.5. The van der Waals surface area contributed by atoms with Crippen LogP contribution in [0.5, 0.6) is 0 Å². The van der Waals surface area contributed by atoms with Gasteiger partial charge in [0, 0.05) is 16.7 Å². The SMILES string of the molecule is CC1CCN(C(=O)COC(=O)c2ccc(I)cc2)CC1. The number of rotatable bonds is 3. The predicted octanol–water partition coefficient (Wildman–Crippen LogP) is 2.71. The van der Waals surface area contributed by atoms with Gasteiger partial charge in [0.05, 0.1) is 5.56 Å². The molecule has 0 aromatic heterocycles. The van der Waals surface area contributed by atoms with Gasteiger partial charge in [-0.15, -0.1) is 0 Å². The maximum absolute atomic E-state index is 11.9. The smallest absolute Gasteiger partial charge is 0.338 e. The largest absolute Gasteiger partial charge is 0.452 e. The van der Waals surface area contributed by atoms with Crippen molar-refractivity contribution in [3.63, 3.8) is 0 Å². The number of piperidine rings is 1. The zero-order valence-electron chi connectivity index (χ0n) is 11.5. The van der Waals surface area contributed by atoms with E-state index in [1.165, 1.54) is 0 Å². The minimum Gasteiger partial charge on any atom is -0.452 e. The van der Waals surface area contributed by atoms with Crippen LogP contribution in [0.2, 0.25) is 0 Å². The lowest BCUT2D eigenvalue weighted by Gasteiger charge is -2.30. The highest BCUT2D eigenvalue weighted by Gasteiger charge is 2.21. The first-order valence-electron chi connectivity index (χ1n) is 6.76. The van der Waals surface area contributed by atoms with E-state index in [-0.39, 0.29) is 12.5 Å². The molecule has 0 spiro atoms. The van der Waals surface area contributed by atoms with Crippen molar-refractivity contribution >= 4 is 34.5 Å². The lowest BCUT2D eigenvalue weighted by atomic mass is 9.99. The summed E-state index contributed by atoms with van der Waals surface area (Å²) in [6.45, 7) is 3.56. The lowest BCUT2D eigenvalue weighted by molar-refractivity contribution is -0.135. The van der Waals surface area contributed by atoms with Crippen LogP contribution >= 0.6 is 22.6 Å². The Kier molecular flexibility index (Phi) is 5.39. The van der Waals surface area contributed by atoms with E-state index in [9.17, 15) is 9.59 Å². The molecule has 0 radical (unpaired) electrons. The van der Waals surface area contributed by atoms with Crippen LogP contribution in [0.25, 0.3) is 0 Å². The average molecular weight is 387 g/mol. The van der Waals surface area contributed by atoms with Crippen molar-refractivity contribution in [1.29, 1.82) is 0 Å². The third kappa shape index (κ3) is 4.19. The van der Waals surface area contributed by atoms with E-state index in [0.29, 0.717) is 11.5 Å². The predicted molar refractivity (Wildman–Crippen MR) is 84.4 cm³/mol. The Morgan fingerprint density at radius 2 is 1.85 bits per heavy atom. The van der Waals surface area contributed by atoms with Crippen LogP contribution in [0.1, 0.15) is 30.1 Å². The molecule has 1 amide bonds. The van der Waals surface area contributed by atoms with Gasteiger partial charge in [-0.1, -0.05) is 6.92 Å². The fourth-order valence-electron chi connectivity index (χ4n) is 2.15. The number of ether oxygens (including phenoxy) is 1. The van der Waals surface area contributed by atoms with E-state index < -0.39 is 5.97 Å². The van der Waals surface area contributed by atoms with Crippen molar-refractivity contribution in [1.82, 2.24) is 4.90 Å². The number of amides is 1. The highest BCUT2D eigenvalue weighted by molar-refractivity contribution is 14.1. The molecule has 1 aliphatic heterocycles. The normalized spacial score (nSPS) is 16.0. The molecule has 20 heavy (non-hydrogen) atoms. The minimum atomic E-state index is -0.444. The molecular weight excluding hydrogens is 369 g/mol. The maximum Gasteiger partial charge on any atom is 0.338 e. The number of hydrogen-bond acceptors (Lipinski definition) is 3. The van der Waals surface area contributed by atoms with Crippen molar-refractivity contribution in [2.75, 3.05) is 19.7 Å². The Balaban J connectivity index is 1.81. The second-order valence-corrected chi connectivity index (χ2v) is 6.39. The Morgan fingerprint density at radius 1 is 1.25 bits per heavy atom. The number of carbonyl (C=O) groups excluding carboxylic acids is 2. The molecule has 1 aliphatic rings. The van der Waals surface area contributed by atoms with Gasteiger partial charge in [-0.25, -0.2) is 4.79 Å². The standard InChI is InChI=1S/C15H18INO3/c1-11-6-8-17(9-7-11)14(18)10-20-15(19)12-2-4-13(16)5-3-12/h2-5,11H,6-10H2,1H3. The van der Waals surface area contributed by atoms with E-state index in [1.807, 2.05) is 12.1 Å². The van der Waals surface area contributed by atoms with Crippen LogP contribution in [0.4, 0.5) is 0 Å². The van der Waals surface area contributed by atoms with E-state index in [4.69, 9.17) is 4.74 Å². The fraction of sp³-hybridized carbons (Fsp3) is 0.467. The lowest BCUT2D eigenvalue weighted by Crippen LogP contribution is -2.40. The van der Waals surface area contributed by atoms with Crippen LogP contribution in [0.15, 0.2) is 24.3 Å². The van der Waals surface area contributed by atoms with E-state index >= 15 is 0 Å². The van der Waals surface area contributed by atoms with Crippen molar-refractivity contribution in [3.05, 3.63) is 33.4 Å². The highest BCUT2D eigenvalue weighted by Crippen LogP contribution is 2.16. The quantitative estimate of drug-likeness (QED) is 0.592. The van der Waals surface area contributed by atoms with Gasteiger partial charge in [-0.3, -0.25) is 4.79 Å². The highest BCUT2D eigenvalue weighted by atomic mass is 127. The maximum atomic E-state index is 11.9. The van der Waals surface area contributed by atoms with Gasteiger partial charge in [0.25, 0.3) is 5.91 Å². The second-order valence-electron chi connectivity index (χ2n) is 5.15. The average Bonchev–Trinajstić information content (AvgIpc) is 2.46. The third-order valence-corrected chi connectivity index (χ3v) is 4.26. The molecule has 1 saturated heterocycles. The summed E-state index contributed by atoms with van der Waals surface area (Å²) in [5.41, 5.74) is 0.477. The summed E-state index contributed by atoms with van der Waals surface area (Å²) < 4.78 is 6.13. The first kappa shape index (κ1) is 15.3. The molecule has 5 heteroatoms. The van der Waals surface area contributed by atoms with Crippen molar-refractivity contribution in [2.24, 2.45) is 5.92 Å². The molecule has 1 fully saturated rings. The van der Waals surface area contributed by atoms with Crippen molar-refractivity contribution < 1.29 is 14.3 Å². The molecule has 1 aromatic carbocycles. The molecule has 108 valence electrons. The molecule has 0 saturated carbocycles. The molecule has 1 aromatic rings. The summed E-state index contributed by atoms with van der Waals surface area (Å²) in [6.07, 6.45) is 2.05. The van der Waals surface area contributed by atoms with Crippen LogP contribution in [0, 0.1) is 9.49 Å². The molecule has 4 nitrogen and oxygen atoms in total. The molecule has 0 bridgehead atoms. The second kappa shape index (κ2) is 7.06. The third-order valence-electron chi connectivity index (χ3n) is 3.54. The summed E-state index contributed by atoms with van der Waals surface area (Å²) in [5.74, 6) is 0.129. The van der Waals surface area contributed by atoms with Gasteiger partial charge >= 0.3 is 5.97 Å². The fourth-order valence-corrected chi connectivity index (χ4v) is 2.51. The Hall–Kier alpha value is -1.11. The Bertz CT molecular complexity index is 478. The summed E-state index contributed by atoms with van der Waals surface area (Å²) in [5, 5.41) is 0. The summed E-state index contributed by atoms with van der Waals surface area (Å²) in [7, 11) is 0. The number of carbonyl (C=O) groups is 2. The zero-order valence-corrected chi connectivity index (χ0v) is 13.6. The molecule has 1 heterocycles. The van der Waals surface area contributed by atoms with Gasteiger partial charge < -0.3 is 9.64 Å². The van der Waals surface area contributed by atoms with Gasteiger partial charge in [0.1, 0.15) is 0 Å². The van der Waals surface area contributed by atoms with Crippen molar-refractivity contribution in [3.8, 4) is 0 Å². The van der Waals surface area contributed by atoms with Crippen LogP contribution in [0.3, 0.4) is 0 Å². The number of esters is 1. The van der Waals surface area contributed by atoms with Gasteiger partial charge in [-0.2, -0.15) is 0 Å². The zero-order chi connectivity index (χ0) is 14.5. The number of hydrogen-bond donors (Lipinski definition) is 0. The molecular formula is C15H18INO3. The van der Waals surface area contributed by atoms with Crippen LogP contribution in [-0.2, 0) is 9.53 Å². The number of nitrogens with zero attached hydrogens (tertiary/aromatic N) is 1. The van der Waals surface area contributed by atoms with Gasteiger partial charge in [0.2, 0.25) is 0 Å². The Labute approximate surface area is 132 Å².